The molecule has 2 aliphatic rings. The van der Waals surface area contributed by atoms with Gasteiger partial charge in [-0.1, -0.05) is 24.3 Å². The highest BCUT2D eigenvalue weighted by molar-refractivity contribution is 5.82. The summed E-state index contributed by atoms with van der Waals surface area (Å²) in [6.45, 7) is 8.03. The zero-order valence-corrected chi connectivity index (χ0v) is 17.0. The molecule has 0 aromatic heterocycles. The molecule has 2 aliphatic heterocycles. The van der Waals surface area contributed by atoms with Crippen LogP contribution in [-0.2, 0) is 20.7 Å². The first-order chi connectivity index (χ1) is 13.2. The van der Waals surface area contributed by atoms with Crippen molar-refractivity contribution in [2.45, 2.75) is 70.4 Å². The Balaban J connectivity index is 1.58. The lowest BCUT2D eigenvalue weighted by molar-refractivity contribution is -0.155. The SMILES string of the molecule is C[C@H]1c2ccccc2CCN1C(=O)[C@H]1C[C@H](O)[C@H](NC(=O)OC(C)(C)C)CO1. The molecule has 2 heterocycles. The Labute approximate surface area is 166 Å². The zero-order valence-electron chi connectivity index (χ0n) is 17.0. The van der Waals surface area contributed by atoms with E-state index in [4.69, 9.17) is 9.47 Å². The number of aliphatic hydroxyl groups is 1. The van der Waals surface area contributed by atoms with Crippen molar-refractivity contribution >= 4 is 12.0 Å². The number of nitrogens with zero attached hydrogens (tertiary/aromatic N) is 1. The molecule has 1 aromatic rings. The Morgan fingerprint density at radius 1 is 1.29 bits per heavy atom. The fraction of sp³-hybridized carbons (Fsp3) is 0.619. The van der Waals surface area contributed by atoms with Crippen molar-refractivity contribution in [1.82, 2.24) is 10.2 Å². The summed E-state index contributed by atoms with van der Waals surface area (Å²) in [4.78, 5) is 26.8. The number of hydrogen-bond donors (Lipinski definition) is 2. The van der Waals surface area contributed by atoms with Crippen LogP contribution in [0.25, 0.3) is 0 Å². The number of rotatable bonds is 2. The van der Waals surface area contributed by atoms with Gasteiger partial charge < -0.3 is 24.8 Å². The van der Waals surface area contributed by atoms with Gasteiger partial charge in [0.25, 0.3) is 5.91 Å². The van der Waals surface area contributed by atoms with Crippen LogP contribution in [0, 0.1) is 0 Å². The maximum atomic E-state index is 13.0. The number of fused-ring (bicyclic) bond motifs is 1. The maximum absolute atomic E-state index is 13.0. The van der Waals surface area contributed by atoms with E-state index < -0.39 is 29.9 Å². The van der Waals surface area contributed by atoms with Crippen LogP contribution >= 0.6 is 0 Å². The Hall–Kier alpha value is -2.12. The molecule has 0 spiro atoms. The van der Waals surface area contributed by atoms with Gasteiger partial charge in [0.05, 0.1) is 24.8 Å². The smallest absolute Gasteiger partial charge is 0.408 e. The van der Waals surface area contributed by atoms with Crippen molar-refractivity contribution in [2.24, 2.45) is 0 Å². The second-order valence-corrected chi connectivity index (χ2v) is 8.53. The molecular formula is C21H30N2O5. The normalized spacial score (nSPS) is 27.7. The van der Waals surface area contributed by atoms with Crippen LogP contribution < -0.4 is 5.32 Å². The van der Waals surface area contributed by atoms with Crippen LogP contribution in [0.4, 0.5) is 4.79 Å². The molecule has 3 rings (SSSR count). The predicted octanol–water partition coefficient (Wildman–Crippen LogP) is 2.18. The summed E-state index contributed by atoms with van der Waals surface area (Å²) in [5.74, 6) is -0.114. The molecule has 0 unspecified atom stereocenters. The number of nitrogens with one attached hydrogen (secondary N) is 1. The monoisotopic (exact) mass is 390 g/mol. The molecule has 2 N–H and O–H groups in total. The standard InChI is InChI=1S/C21H30N2O5/c1-13-15-8-6-5-7-14(15)9-10-23(13)19(25)18-11-17(24)16(12-27-18)22-20(26)28-21(2,3)4/h5-8,13,16-18,24H,9-12H2,1-4H3,(H,22,26)/t13-,16+,17-,18+/m0/s1. The number of carbonyl (C=O) groups is 2. The number of amides is 2. The van der Waals surface area contributed by atoms with Gasteiger partial charge >= 0.3 is 6.09 Å². The van der Waals surface area contributed by atoms with Crippen molar-refractivity contribution in [1.29, 1.82) is 0 Å². The lowest BCUT2D eigenvalue weighted by Gasteiger charge is -2.40. The van der Waals surface area contributed by atoms with Crippen molar-refractivity contribution in [3.63, 3.8) is 0 Å². The van der Waals surface area contributed by atoms with E-state index in [1.165, 1.54) is 5.56 Å². The highest BCUT2D eigenvalue weighted by Gasteiger charge is 2.39. The summed E-state index contributed by atoms with van der Waals surface area (Å²) >= 11 is 0. The fourth-order valence-corrected chi connectivity index (χ4v) is 3.81. The van der Waals surface area contributed by atoms with Gasteiger partial charge in [0, 0.05) is 13.0 Å². The van der Waals surface area contributed by atoms with Crippen LogP contribution in [-0.4, -0.2) is 59.0 Å². The minimum absolute atomic E-state index is 0.0317. The van der Waals surface area contributed by atoms with Gasteiger partial charge in [-0.25, -0.2) is 4.79 Å². The Bertz CT molecular complexity index is 730. The van der Waals surface area contributed by atoms with Gasteiger partial charge in [0.2, 0.25) is 0 Å². The van der Waals surface area contributed by atoms with Gasteiger partial charge in [-0.05, 0) is 45.2 Å². The van der Waals surface area contributed by atoms with Gasteiger partial charge in [0.1, 0.15) is 11.7 Å². The van der Waals surface area contributed by atoms with Gasteiger partial charge in [-0.2, -0.15) is 0 Å². The van der Waals surface area contributed by atoms with Crippen molar-refractivity contribution in [2.75, 3.05) is 13.2 Å². The predicted molar refractivity (Wildman–Crippen MR) is 104 cm³/mol. The largest absolute Gasteiger partial charge is 0.444 e. The number of carbonyl (C=O) groups excluding carboxylic acids is 2. The lowest BCUT2D eigenvalue weighted by Crippen LogP contribution is -2.56. The van der Waals surface area contributed by atoms with Gasteiger partial charge in [-0.3, -0.25) is 4.79 Å². The number of aliphatic hydroxyl groups excluding tert-OH is 1. The number of benzene rings is 1. The Kier molecular flexibility index (Phi) is 5.95. The third kappa shape index (κ3) is 4.64. The quantitative estimate of drug-likeness (QED) is 0.808. The maximum Gasteiger partial charge on any atom is 0.408 e. The summed E-state index contributed by atoms with van der Waals surface area (Å²) in [5.41, 5.74) is 1.80. The molecule has 4 atom stereocenters. The zero-order chi connectivity index (χ0) is 20.5. The van der Waals surface area contributed by atoms with E-state index in [2.05, 4.69) is 17.4 Å². The average Bonchev–Trinajstić information content (AvgIpc) is 2.62. The van der Waals surface area contributed by atoms with E-state index in [0.29, 0.717) is 6.54 Å². The van der Waals surface area contributed by atoms with Gasteiger partial charge in [0.15, 0.2) is 0 Å². The summed E-state index contributed by atoms with van der Waals surface area (Å²) in [6.07, 6.45) is -1.23. The third-order valence-corrected chi connectivity index (χ3v) is 5.25. The molecule has 28 heavy (non-hydrogen) atoms. The topological polar surface area (TPSA) is 88.1 Å². The van der Waals surface area contributed by atoms with E-state index in [1.807, 2.05) is 24.0 Å². The highest BCUT2D eigenvalue weighted by atomic mass is 16.6. The summed E-state index contributed by atoms with van der Waals surface area (Å²) in [7, 11) is 0. The molecule has 154 valence electrons. The summed E-state index contributed by atoms with van der Waals surface area (Å²) in [5, 5.41) is 13.1. The van der Waals surface area contributed by atoms with E-state index in [9.17, 15) is 14.7 Å². The Morgan fingerprint density at radius 3 is 2.68 bits per heavy atom. The van der Waals surface area contributed by atoms with Crippen LogP contribution in [0.5, 0.6) is 0 Å². The minimum atomic E-state index is -0.873. The lowest BCUT2D eigenvalue weighted by atomic mass is 9.92. The molecule has 1 saturated heterocycles. The first-order valence-electron chi connectivity index (χ1n) is 9.83. The number of ether oxygens (including phenoxy) is 2. The summed E-state index contributed by atoms with van der Waals surface area (Å²) in [6, 6.07) is 7.52. The number of alkyl carbamates (subject to hydrolysis) is 1. The Morgan fingerprint density at radius 2 is 2.00 bits per heavy atom. The molecule has 7 heteroatoms. The van der Waals surface area contributed by atoms with Crippen molar-refractivity contribution in [3.8, 4) is 0 Å². The van der Waals surface area contributed by atoms with E-state index >= 15 is 0 Å². The molecule has 7 nitrogen and oxygen atoms in total. The second-order valence-electron chi connectivity index (χ2n) is 8.53. The molecule has 2 amide bonds. The molecule has 0 radical (unpaired) electrons. The molecule has 0 bridgehead atoms. The second kappa shape index (κ2) is 8.09. The number of hydrogen-bond acceptors (Lipinski definition) is 5. The van der Waals surface area contributed by atoms with E-state index in [-0.39, 0.29) is 25.0 Å². The van der Waals surface area contributed by atoms with Crippen molar-refractivity contribution in [3.05, 3.63) is 35.4 Å². The minimum Gasteiger partial charge on any atom is -0.444 e. The molecular weight excluding hydrogens is 360 g/mol. The summed E-state index contributed by atoms with van der Waals surface area (Å²) < 4.78 is 10.9. The first-order valence-corrected chi connectivity index (χ1v) is 9.83. The van der Waals surface area contributed by atoms with Crippen LogP contribution in [0.3, 0.4) is 0 Å². The highest BCUT2D eigenvalue weighted by Crippen LogP contribution is 2.31. The third-order valence-electron chi connectivity index (χ3n) is 5.25. The fourth-order valence-electron chi connectivity index (χ4n) is 3.81. The average molecular weight is 390 g/mol. The van der Waals surface area contributed by atoms with Crippen LogP contribution in [0.15, 0.2) is 24.3 Å². The van der Waals surface area contributed by atoms with E-state index in [0.717, 1.165) is 12.0 Å². The molecule has 1 aromatic carbocycles. The van der Waals surface area contributed by atoms with E-state index in [1.54, 1.807) is 20.8 Å². The van der Waals surface area contributed by atoms with Gasteiger partial charge in [-0.15, -0.1) is 0 Å². The first kappa shape index (κ1) is 20.6. The van der Waals surface area contributed by atoms with Crippen LogP contribution in [0.1, 0.15) is 51.3 Å². The molecule has 0 aliphatic carbocycles. The molecule has 1 fully saturated rings. The molecule has 0 saturated carbocycles. The van der Waals surface area contributed by atoms with Crippen LogP contribution in [0.2, 0.25) is 0 Å². The van der Waals surface area contributed by atoms with Crippen molar-refractivity contribution < 1.29 is 24.2 Å².